The van der Waals surface area contributed by atoms with Crippen molar-refractivity contribution in [3.8, 4) is 0 Å². The summed E-state index contributed by atoms with van der Waals surface area (Å²) in [5, 5.41) is 4.31. The number of fused-ring (bicyclic) bond motifs is 3. The number of hydrogen-bond acceptors (Lipinski definition) is 3. The lowest BCUT2D eigenvalue weighted by Crippen LogP contribution is -2.41. The molecule has 0 spiro atoms. The van der Waals surface area contributed by atoms with Gasteiger partial charge in [-0.2, -0.15) is 5.10 Å². The fraction of sp³-hybridized carbons (Fsp3) is 0.467. The summed E-state index contributed by atoms with van der Waals surface area (Å²) in [5.41, 5.74) is 2.74. The molecule has 4 heteroatoms. The lowest BCUT2D eigenvalue weighted by Gasteiger charge is -2.37. The monoisotopic (exact) mass is 254 g/mol. The summed E-state index contributed by atoms with van der Waals surface area (Å²) in [6, 6.07) is 3.31. The molecule has 0 radical (unpaired) electrons. The van der Waals surface area contributed by atoms with Crippen molar-refractivity contribution in [2.24, 2.45) is 0 Å². The molecule has 4 heterocycles. The Balaban J connectivity index is 1.79. The van der Waals surface area contributed by atoms with Gasteiger partial charge in [-0.1, -0.05) is 11.6 Å². The highest BCUT2D eigenvalue weighted by molar-refractivity contribution is 5.70. The van der Waals surface area contributed by atoms with Crippen LogP contribution in [0.4, 0.5) is 5.82 Å². The van der Waals surface area contributed by atoms with E-state index in [1.54, 1.807) is 5.57 Å². The zero-order valence-electron chi connectivity index (χ0n) is 11.2. The quantitative estimate of drug-likeness (QED) is 0.734. The smallest absolute Gasteiger partial charge is 0.155 e. The normalized spacial score (nSPS) is 26.2. The van der Waals surface area contributed by atoms with Crippen LogP contribution in [0, 0.1) is 0 Å². The Labute approximate surface area is 112 Å². The summed E-state index contributed by atoms with van der Waals surface area (Å²) in [5.74, 6) is 1.11. The minimum Gasteiger partial charge on any atom is -0.348 e. The van der Waals surface area contributed by atoms with Gasteiger partial charge in [0.05, 0.1) is 6.20 Å². The number of anilines is 1. The van der Waals surface area contributed by atoms with Crippen molar-refractivity contribution < 1.29 is 0 Å². The van der Waals surface area contributed by atoms with Crippen LogP contribution < -0.4 is 4.90 Å². The van der Waals surface area contributed by atoms with Gasteiger partial charge < -0.3 is 4.90 Å². The highest BCUT2D eigenvalue weighted by Gasteiger charge is 2.39. The Hall–Kier alpha value is -1.84. The lowest BCUT2D eigenvalue weighted by molar-refractivity contribution is 0.544. The molecule has 2 saturated heterocycles. The molecule has 2 aliphatic heterocycles. The number of nitrogens with zero attached hydrogens (tertiary/aromatic N) is 4. The van der Waals surface area contributed by atoms with Gasteiger partial charge in [-0.15, -0.1) is 0 Å². The van der Waals surface area contributed by atoms with Crippen LogP contribution in [0.2, 0.25) is 0 Å². The van der Waals surface area contributed by atoms with Gasteiger partial charge in [-0.3, -0.25) is 0 Å². The first-order chi connectivity index (χ1) is 9.36. The van der Waals surface area contributed by atoms with E-state index < -0.39 is 0 Å². The summed E-state index contributed by atoms with van der Waals surface area (Å²) < 4.78 is 1.92. The molecule has 0 aliphatic carbocycles. The molecule has 4 rings (SSSR count). The maximum atomic E-state index is 4.64. The Kier molecular flexibility index (Phi) is 2.37. The molecule has 0 aromatic carbocycles. The molecule has 98 valence electrons. The topological polar surface area (TPSA) is 33.4 Å². The molecule has 2 atom stereocenters. The number of allylic oxidation sites excluding steroid dienone is 1. The first-order valence-electron chi connectivity index (χ1n) is 7.07. The molecule has 2 fully saturated rings. The van der Waals surface area contributed by atoms with Gasteiger partial charge in [0.1, 0.15) is 5.52 Å². The number of hydrogen-bond donors (Lipinski definition) is 0. The summed E-state index contributed by atoms with van der Waals surface area (Å²) in [6.07, 6.45) is 12.9. The Morgan fingerprint density at radius 3 is 2.74 bits per heavy atom. The van der Waals surface area contributed by atoms with Crippen molar-refractivity contribution in [2.75, 3.05) is 4.90 Å². The molecule has 2 aliphatic rings. The molecule has 4 nitrogen and oxygen atoms in total. The predicted molar refractivity (Wildman–Crippen MR) is 75.3 cm³/mol. The Morgan fingerprint density at radius 1 is 1.21 bits per heavy atom. The molecule has 2 unspecified atom stereocenters. The summed E-state index contributed by atoms with van der Waals surface area (Å²) in [7, 11) is 0. The van der Waals surface area contributed by atoms with E-state index in [0.29, 0.717) is 12.1 Å². The number of aromatic nitrogens is 3. The third-order valence-electron chi connectivity index (χ3n) is 4.57. The van der Waals surface area contributed by atoms with E-state index >= 15 is 0 Å². The zero-order chi connectivity index (χ0) is 12.8. The highest BCUT2D eigenvalue weighted by Crippen LogP contribution is 2.41. The SMILES string of the molecule is CC=C1CC2CCC(C1)N2c1nccn2nccc12. The van der Waals surface area contributed by atoms with E-state index in [4.69, 9.17) is 0 Å². The molecule has 2 aromatic heterocycles. The van der Waals surface area contributed by atoms with E-state index in [2.05, 4.69) is 34.0 Å². The van der Waals surface area contributed by atoms with Crippen LogP contribution in [0.1, 0.15) is 32.6 Å². The van der Waals surface area contributed by atoms with Gasteiger partial charge in [-0.25, -0.2) is 9.50 Å². The van der Waals surface area contributed by atoms with E-state index in [1.165, 1.54) is 25.7 Å². The van der Waals surface area contributed by atoms with Crippen LogP contribution >= 0.6 is 0 Å². The summed E-state index contributed by atoms with van der Waals surface area (Å²) >= 11 is 0. The van der Waals surface area contributed by atoms with Gasteiger partial charge in [-0.05, 0) is 38.7 Å². The van der Waals surface area contributed by atoms with Crippen molar-refractivity contribution in [2.45, 2.75) is 44.7 Å². The van der Waals surface area contributed by atoms with Crippen molar-refractivity contribution in [1.29, 1.82) is 0 Å². The third-order valence-corrected chi connectivity index (χ3v) is 4.57. The Morgan fingerprint density at radius 2 is 2.00 bits per heavy atom. The van der Waals surface area contributed by atoms with E-state index in [0.717, 1.165) is 11.3 Å². The molecule has 0 N–H and O–H groups in total. The standard InChI is InChI=1S/C15H18N4/c1-2-11-9-12-3-4-13(10-11)19(12)15-14-5-6-17-18(14)8-7-16-15/h2,5-8,12-13H,3-4,9-10H2,1H3. The maximum Gasteiger partial charge on any atom is 0.155 e. The second kappa shape index (κ2) is 4.08. The predicted octanol–water partition coefficient (Wildman–Crippen LogP) is 2.81. The zero-order valence-corrected chi connectivity index (χ0v) is 11.2. The van der Waals surface area contributed by atoms with Crippen molar-refractivity contribution >= 4 is 11.3 Å². The first kappa shape index (κ1) is 11.0. The lowest BCUT2D eigenvalue weighted by atomic mass is 9.96. The van der Waals surface area contributed by atoms with Gasteiger partial charge in [0.25, 0.3) is 0 Å². The van der Waals surface area contributed by atoms with Crippen LogP contribution in [0.25, 0.3) is 5.52 Å². The van der Waals surface area contributed by atoms with Gasteiger partial charge in [0.2, 0.25) is 0 Å². The molecular weight excluding hydrogens is 236 g/mol. The molecular formula is C15H18N4. The molecule has 2 bridgehead atoms. The van der Waals surface area contributed by atoms with Crippen molar-refractivity contribution in [3.63, 3.8) is 0 Å². The highest BCUT2D eigenvalue weighted by atomic mass is 15.3. The summed E-state index contributed by atoms with van der Waals surface area (Å²) in [6.45, 7) is 2.17. The average Bonchev–Trinajstić information content (AvgIpc) is 3.01. The van der Waals surface area contributed by atoms with Crippen molar-refractivity contribution in [3.05, 3.63) is 36.3 Å². The fourth-order valence-electron chi connectivity index (χ4n) is 3.67. The second-order valence-electron chi connectivity index (χ2n) is 5.56. The number of rotatable bonds is 1. The first-order valence-corrected chi connectivity index (χ1v) is 7.07. The van der Waals surface area contributed by atoms with Crippen molar-refractivity contribution in [1.82, 2.24) is 14.6 Å². The van der Waals surface area contributed by atoms with Gasteiger partial charge >= 0.3 is 0 Å². The Bertz CT molecular complexity index is 626. The van der Waals surface area contributed by atoms with Crippen LogP contribution in [0.15, 0.2) is 36.3 Å². The van der Waals surface area contributed by atoms with E-state index in [9.17, 15) is 0 Å². The third kappa shape index (κ3) is 1.59. The number of piperidine rings is 1. The maximum absolute atomic E-state index is 4.64. The van der Waals surface area contributed by atoms with E-state index in [1.807, 2.05) is 23.1 Å². The van der Waals surface area contributed by atoms with Crippen LogP contribution in [0.5, 0.6) is 0 Å². The van der Waals surface area contributed by atoms with E-state index in [-0.39, 0.29) is 0 Å². The largest absolute Gasteiger partial charge is 0.348 e. The minimum absolute atomic E-state index is 0.624. The van der Waals surface area contributed by atoms with Gasteiger partial charge in [0, 0.05) is 24.5 Å². The molecule has 19 heavy (non-hydrogen) atoms. The molecule has 0 saturated carbocycles. The van der Waals surface area contributed by atoms with Crippen LogP contribution in [-0.4, -0.2) is 26.7 Å². The molecule has 0 amide bonds. The van der Waals surface area contributed by atoms with Crippen LogP contribution in [-0.2, 0) is 0 Å². The fourth-order valence-corrected chi connectivity index (χ4v) is 3.67. The van der Waals surface area contributed by atoms with Crippen LogP contribution in [0.3, 0.4) is 0 Å². The average molecular weight is 254 g/mol. The second-order valence-corrected chi connectivity index (χ2v) is 5.56. The minimum atomic E-state index is 0.624. The summed E-state index contributed by atoms with van der Waals surface area (Å²) in [4.78, 5) is 7.19. The molecule has 2 aromatic rings. The van der Waals surface area contributed by atoms with Gasteiger partial charge in [0.15, 0.2) is 5.82 Å².